The molecule has 0 heterocycles. The Morgan fingerprint density at radius 1 is 0.944 bits per heavy atom. The van der Waals surface area contributed by atoms with Gasteiger partial charge in [-0.05, 0) is 55.2 Å². The second-order valence-corrected chi connectivity index (χ2v) is 11.1. The van der Waals surface area contributed by atoms with Crippen molar-refractivity contribution in [2.75, 3.05) is 34.0 Å². The maximum absolute atomic E-state index is 13.7. The van der Waals surface area contributed by atoms with Crippen molar-refractivity contribution in [3.8, 4) is 11.5 Å². The highest BCUT2D eigenvalue weighted by Gasteiger charge is 2.45. The Bertz CT molecular complexity index is 814. The minimum atomic E-state index is -0.801. The molecule has 0 aliphatic heterocycles. The van der Waals surface area contributed by atoms with E-state index < -0.39 is 11.3 Å². The number of methoxy groups -OCH3 is 2. The van der Waals surface area contributed by atoms with Crippen molar-refractivity contribution in [1.82, 2.24) is 0 Å². The first kappa shape index (κ1) is 31.9. The summed E-state index contributed by atoms with van der Waals surface area (Å²) in [6.45, 7) is 17.5. The summed E-state index contributed by atoms with van der Waals surface area (Å²) in [6, 6.07) is 6.07. The second-order valence-electron chi connectivity index (χ2n) is 11.1. The molecule has 0 aliphatic carbocycles. The second kappa shape index (κ2) is 15.2. The number of rotatable bonds is 17. The van der Waals surface area contributed by atoms with Crippen LogP contribution in [0.2, 0.25) is 0 Å². The van der Waals surface area contributed by atoms with Gasteiger partial charge < -0.3 is 18.9 Å². The predicted octanol–water partition coefficient (Wildman–Crippen LogP) is 6.38. The lowest BCUT2D eigenvalue weighted by molar-refractivity contribution is -0.159. The molecular weight excluding hydrogens is 456 g/mol. The molecule has 6 heteroatoms. The first-order valence-electron chi connectivity index (χ1n) is 13.4. The van der Waals surface area contributed by atoms with Crippen molar-refractivity contribution in [2.24, 2.45) is 35.0 Å². The van der Waals surface area contributed by atoms with Gasteiger partial charge in [0.1, 0.15) is 5.78 Å². The van der Waals surface area contributed by atoms with E-state index in [1.54, 1.807) is 21.1 Å². The molecular formula is C30H50O6. The summed E-state index contributed by atoms with van der Waals surface area (Å²) in [4.78, 5) is 26.4. The van der Waals surface area contributed by atoms with E-state index in [4.69, 9.17) is 18.9 Å². The molecule has 6 nitrogen and oxygen atoms in total. The number of benzene rings is 1. The number of carbonyl (C=O) groups is 2. The first-order valence-corrected chi connectivity index (χ1v) is 13.4. The topological polar surface area (TPSA) is 71.1 Å². The monoisotopic (exact) mass is 506 g/mol. The Labute approximate surface area is 219 Å². The molecule has 0 spiro atoms. The van der Waals surface area contributed by atoms with Crippen LogP contribution in [0.4, 0.5) is 0 Å². The molecule has 1 aromatic carbocycles. The molecule has 1 rings (SSSR count). The lowest BCUT2D eigenvalue weighted by Gasteiger charge is -2.36. The van der Waals surface area contributed by atoms with Crippen molar-refractivity contribution in [1.29, 1.82) is 0 Å². The highest BCUT2D eigenvalue weighted by molar-refractivity contribution is 5.91. The van der Waals surface area contributed by atoms with E-state index in [2.05, 4.69) is 19.9 Å². The molecule has 0 aromatic heterocycles. The molecule has 36 heavy (non-hydrogen) atoms. The van der Waals surface area contributed by atoms with Gasteiger partial charge in [-0.2, -0.15) is 0 Å². The molecule has 0 N–H and O–H groups in total. The summed E-state index contributed by atoms with van der Waals surface area (Å²) in [7, 11) is 3.32. The zero-order chi connectivity index (χ0) is 27.5. The molecule has 0 amide bonds. The summed E-state index contributed by atoms with van der Waals surface area (Å²) in [5, 5.41) is 0. The van der Waals surface area contributed by atoms with E-state index in [9.17, 15) is 9.59 Å². The van der Waals surface area contributed by atoms with Gasteiger partial charge in [0.2, 0.25) is 0 Å². The first-order chi connectivity index (χ1) is 16.9. The lowest BCUT2D eigenvalue weighted by Crippen LogP contribution is -2.44. The fourth-order valence-corrected chi connectivity index (χ4v) is 5.22. The zero-order valence-corrected chi connectivity index (χ0v) is 24.3. The van der Waals surface area contributed by atoms with Crippen molar-refractivity contribution < 1.29 is 28.5 Å². The molecule has 0 radical (unpaired) electrons. The predicted molar refractivity (Wildman–Crippen MR) is 145 cm³/mol. The van der Waals surface area contributed by atoms with Gasteiger partial charge in [-0.3, -0.25) is 9.59 Å². The third-order valence-electron chi connectivity index (χ3n) is 7.14. The molecule has 0 saturated heterocycles. The summed E-state index contributed by atoms with van der Waals surface area (Å²) >= 11 is 0. The fourth-order valence-electron chi connectivity index (χ4n) is 5.22. The van der Waals surface area contributed by atoms with Crippen LogP contribution < -0.4 is 9.47 Å². The van der Waals surface area contributed by atoms with Gasteiger partial charge >= 0.3 is 5.97 Å². The van der Waals surface area contributed by atoms with Crippen LogP contribution in [0.15, 0.2) is 18.2 Å². The van der Waals surface area contributed by atoms with Crippen LogP contribution in [0.3, 0.4) is 0 Å². The average molecular weight is 507 g/mol. The molecule has 3 atom stereocenters. The number of ketones is 1. The molecule has 0 bridgehead atoms. The number of Topliss-reactive ketones (excluding diaryl/α,β-unsaturated/α-hetero) is 1. The largest absolute Gasteiger partial charge is 0.493 e. The van der Waals surface area contributed by atoms with Crippen LogP contribution in [0.1, 0.15) is 73.8 Å². The van der Waals surface area contributed by atoms with Crippen molar-refractivity contribution in [2.45, 2.75) is 74.7 Å². The molecule has 0 unspecified atom stereocenters. The van der Waals surface area contributed by atoms with Gasteiger partial charge in [-0.15, -0.1) is 0 Å². The number of hydrogen-bond donors (Lipinski definition) is 0. The van der Waals surface area contributed by atoms with Gasteiger partial charge in [0.15, 0.2) is 11.5 Å². The van der Waals surface area contributed by atoms with Crippen LogP contribution in [0, 0.1) is 35.0 Å². The summed E-state index contributed by atoms with van der Waals surface area (Å²) in [5.74, 6) is 1.34. The smallest absolute Gasteiger partial charge is 0.310 e. The molecule has 0 fully saturated rings. The molecule has 206 valence electrons. The van der Waals surface area contributed by atoms with E-state index in [0.717, 1.165) is 30.6 Å². The third kappa shape index (κ3) is 9.10. The lowest BCUT2D eigenvalue weighted by atomic mass is 9.66. The Hall–Kier alpha value is -2.08. The highest BCUT2D eigenvalue weighted by Crippen LogP contribution is 2.39. The van der Waals surface area contributed by atoms with Crippen LogP contribution in [0.25, 0.3) is 0 Å². The molecule has 1 aromatic rings. The Morgan fingerprint density at radius 2 is 1.61 bits per heavy atom. The normalized spacial score (nSPS) is 14.4. The number of carbonyl (C=O) groups excluding carboxylic acids is 2. The van der Waals surface area contributed by atoms with Crippen LogP contribution in [-0.2, 0) is 25.5 Å². The highest BCUT2D eigenvalue weighted by atomic mass is 16.5. The van der Waals surface area contributed by atoms with E-state index >= 15 is 0 Å². The van der Waals surface area contributed by atoms with Crippen LogP contribution >= 0.6 is 0 Å². The quantitative estimate of drug-likeness (QED) is 0.180. The SMILES string of the molecule is CCOC(=O)[C@H](C(C)C)C(C)(C)C(=O)[C@@H](C)C[C@H](Cc1ccc(OC)c(OCCCOC)c1)C(C)C. The van der Waals surface area contributed by atoms with Crippen LogP contribution in [0.5, 0.6) is 11.5 Å². The van der Waals surface area contributed by atoms with Crippen molar-refractivity contribution in [3.05, 3.63) is 23.8 Å². The molecule has 0 saturated carbocycles. The van der Waals surface area contributed by atoms with E-state index in [1.165, 1.54) is 0 Å². The van der Waals surface area contributed by atoms with E-state index in [-0.39, 0.29) is 23.6 Å². The summed E-state index contributed by atoms with van der Waals surface area (Å²) in [6.07, 6.45) is 2.39. The zero-order valence-electron chi connectivity index (χ0n) is 24.3. The molecule has 0 aliphatic rings. The number of hydrogen-bond acceptors (Lipinski definition) is 6. The van der Waals surface area contributed by atoms with Crippen LogP contribution in [-0.4, -0.2) is 45.8 Å². The Kier molecular flexibility index (Phi) is 13.5. The van der Waals surface area contributed by atoms with E-state index in [1.807, 2.05) is 46.8 Å². The van der Waals surface area contributed by atoms with Gasteiger partial charge in [0.25, 0.3) is 0 Å². The number of esters is 1. The summed E-state index contributed by atoms with van der Waals surface area (Å²) < 4.78 is 21.9. The standard InChI is InChI=1S/C30H50O6/c1-11-35-29(32)27(21(4)5)30(7,8)28(31)22(6)17-24(20(2)3)18-23-13-14-25(34-10)26(19-23)36-16-12-15-33-9/h13-14,19-22,24,27H,11-12,15-18H2,1-10H3/t22-,24+,27-/m0/s1. The fraction of sp³-hybridized carbons (Fsp3) is 0.733. The Morgan fingerprint density at radius 3 is 2.14 bits per heavy atom. The average Bonchev–Trinajstić information content (AvgIpc) is 2.80. The maximum atomic E-state index is 13.7. The third-order valence-corrected chi connectivity index (χ3v) is 7.14. The Balaban J connectivity index is 3.03. The minimum absolute atomic E-state index is 0.0118. The van der Waals surface area contributed by atoms with Crippen molar-refractivity contribution >= 4 is 11.8 Å². The maximum Gasteiger partial charge on any atom is 0.310 e. The van der Waals surface area contributed by atoms with Gasteiger partial charge in [-0.25, -0.2) is 0 Å². The van der Waals surface area contributed by atoms with E-state index in [0.29, 0.717) is 37.4 Å². The summed E-state index contributed by atoms with van der Waals surface area (Å²) in [5.41, 5.74) is 0.353. The van der Waals surface area contributed by atoms with Gasteiger partial charge in [-0.1, -0.05) is 54.5 Å². The van der Waals surface area contributed by atoms with Gasteiger partial charge in [0, 0.05) is 31.5 Å². The van der Waals surface area contributed by atoms with Gasteiger partial charge in [0.05, 0.1) is 26.2 Å². The van der Waals surface area contributed by atoms with Crippen molar-refractivity contribution in [3.63, 3.8) is 0 Å². The number of ether oxygens (including phenoxy) is 4. The minimum Gasteiger partial charge on any atom is -0.493 e.